The van der Waals surface area contributed by atoms with Crippen LogP contribution in [0.1, 0.15) is 19.5 Å². The fourth-order valence-electron chi connectivity index (χ4n) is 1.21. The summed E-state index contributed by atoms with van der Waals surface area (Å²) in [5, 5.41) is -0.0747. The largest absolute Gasteiger partial charge is 0.433 e. The number of alkyl halides is 3. The zero-order valence-electron chi connectivity index (χ0n) is 11.5. The Labute approximate surface area is 129 Å². The standard InChI is InChI=1S/C10H14F3N2O3PS2/c1-4-16-19(20,17-5-2)18-8-6-7(10(11,12)13)14-9(15-8)21-3/h6H,4-5H2,1-3H3. The van der Waals surface area contributed by atoms with Gasteiger partial charge in [-0.2, -0.15) is 18.2 Å². The van der Waals surface area contributed by atoms with Crippen molar-refractivity contribution >= 4 is 30.3 Å². The summed E-state index contributed by atoms with van der Waals surface area (Å²) in [4.78, 5) is 7.23. The lowest BCUT2D eigenvalue weighted by Gasteiger charge is -2.20. The van der Waals surface area contributed by atoms with E-state index in [9.17, 15) is 13.2 Å². The van der Waals surface area contributed by atoms with E-state index in [1.54, 1.807) is 20.1 Å². The highest BCUT2D eigenvalue weighted by atomic mass is 32.5. The first kappa shape index (κ1) is 18.6. The zero-order valence-corrected chi connectivity index (χ0v) is 14.0. The van der Waals surface area contributed by atoms with Crippen LogP contribution >= 0.6 is 18.5 Å². The third kappa shape index (κ3) is 5.71. The van der Waals surface area contributed by atoms with Gasteiger partial charge in [-0.25, -0.2) is 4.98 Å². The van der Waals surface area contributed by atoms with E-state index in [0.29, 0.717) is 6.07 Å². The summed E-state index contributed by atoms with van der Waals surface area (Å²) in [6.45, 7) is 0.604. The van der Waals surface area contributed by atoms with Crippen molar-refractivity contribution in [2.24, 2.45) is 0 Å². The van der Waals surface area contributed by atoms with Gasteiger partial charge in [0.25, 0.3) is 0 Å². The molecule has 5 nitrogen and oxygen atoms in total. The van der Waals surface area contributed by atoms with Crippen LogP contribution in [-0.4, -0.2) is 29.4 Å². The molecule has 0 aromatic carbocycles. The smallest absolute Gasteiger partial charge is 0.406 e. The molecule has 0 amide bonds. The molecule has 1 rings (SSSR count). The predicted octanol–water partition coefficient (Wildman–Crippen LogP) is 3.89. The summed E-state index contributed by atoms with van der Waals surface area (Å²) in [7, 11) is 0. The summed E-state index contributed by atoms with van der Waals surface area (Å²) in [6.07, 6.45) is -3.05. The lowest BCUT2D eigenvalue weighted by Crippen LogP contribution is -2.11. The molecule has 0 aliphatic rings. The highest BCUT2D eigenvalue weighted by Gasteiger charge is 2.34. The molecule has 0 unspecified atom stereocenters. The van der Waals surface area contributed by atoms with Crippen molar-refractivity contribution in [2.45, 2.75) is 25.2 Å². The van der Waals surface area contributed by atoms with Crippen molar-refractivity contribution in [1.29, 1.82) is 0 Å². The van der Waals surface area contributed by atoms with Gasteiger partial charge in [0, 0.05) is 17.9 Å². The minimum Gasteiger partial charge on any atom is -0.406 e. The van der Waals surface area contributed by atoms with Gasteiger partial charge in [0.15, 0.2) is 10.9 Å². The van der Waals surface area contributed by atoms with Crippen molar-refractivity contribution in [3.05, 3.63) is 11.8 Å². The van der Waals surface area contributed by atoms with Crippen LogP contribution in [0.3, 0.4) is 0 Å². The van der Waals surface area contributed by atoms with Gasteiger partial charge < -0.3 is 4.52 Å². The molecule has 21 heavy (non-hydrogen) atoms. The average molecular weight is 362 g/mol. The zero-order chi connectivity index (χ0) is 16.1. The molecule has 0 saturated heterocycles. The molecule has 11 heteroatoms. The molecule has 0 aliphatic heterocycles. The summed E-state index contributed by atoms with van der Waals surface area (Å²) in [6, 6.07) is 0.679. The van der Waals surface area contributed by atoms with E-state index in [0.717, 1.165) is 11.8 Å². The Bertz CT molecular complexity index is 521. The van der Waals surface area contributed by atoms with E-state index in [-0.39, 0.29) is 24.3 Å². The molecule has 0 atom stereocenters. The first-order chi connectivity index (χ1) is 9.74. The second-order valence-corrected chi connectivity index (χ2v) is 7.16. The van der Waals surface area contributed by atoms with E-state index in [4.69, 9.17) is 25.4 Å². The van der Waals surface area contributed by atoms with Gasteiger partial charge in [0.05, 0.1) is 13.2 Å². The Hall–Kier alpha value is -0.410. The maximum atomic E-state index is 12.8. The number of hydrogen-bond acceptors (Lipinski definition) is 7. The van der Waals surface area contributed by atoms with Crippen molar-refractivity contribution in [2.75, 3.05) is 19.5 Å². The molecule has 1 aromatic heterocycles. The fourth-order valence-corrected chi connectivity index (χ4v) is 3.58. The Kier molecular flexibility index (Phi) is 6.86. The number of rotatable bonds is 7. The third-order valence-corrected chi connectivity index (χ3v) is 4.90. The van der Waals surface area contributed by atoms with Gasteiger partial charge in [-0.3, -0.25) is 9.05 Å². The average Bonchev–Trinajstić information content (AvgIpc) is 2.37. The number of hydrogen-bond donors (Lipinski definition) is 0. The Morgan fingerprint density at radius 1 is 1.24 bits per heavy atom. The maximum absolute atomic E-state index is 12.8. The molecule has 0 fully saturated rings. The number of aromatic nitrogens is 2. The van der Waals surface area contributed by atoms with Gasteiger partial charge in [0.2, 0.25) is 5.88 Å². The second kappa shape index (κ2) is 7.73. The summed E-state index contributed by atoms with van der Waals surface area (Å²) < 4.78 is 54.0. The van der Waals surface area contributed by atoms with Gasteiger partial charge >= 0.3 is 12.9 Å². The van der Waals surface area contributed by atoms with E-state index >= 15 is 0 Å². The minimum atomic E-state index is -4.61. The predicted molar refractivity (Wildman–Crippen MR) is 77.0 cm³/mol. The minimum absolute atomic E-state index is 0.0747. The van der Waals surface area contributed by atoms with E-state index in [2.05, 4.69) is 9.97 Å². The normalized spacial score (nSPS) is 12.5. The first-order valence-electron chi connectivity index (χ1n) is 5.83. The molecule has 0 aliphatic carbocycles. The topological polar surface area (TPSA) is 53.5 Å². The molecular weight excluding hydrogens is 348 g/mol. The van der Waals surface area contributed by atoms with Gasteiger partial charge in [-0.1, -0.05) is 11.8 Å². The van der Waals surface area contributed by atoms with Gasteiger partial charge in [-0.15, -0.1) is 0 Å². The lowest BCUT2D eigenvalue weighted by atomic mass is 10.4. The molecule has 120 valence electrons. The van der Waals surface area contributed by atoms with Crippen LogP contribution in [0.2, 0.25) is 0 Å². The molecule has 0 spiro atoms. The highest BCUT2D eigenvalue weighted by molar-refractivity contribution is 8.07. The van der Waals surface area contributed by atoms with Crippen LogP contribution in [0, 0.1) is 0 Å². The van der Waals surface area contributed by atoms with Crippen LogP contribution in [0.4, 0.5) is 13.2 Å². The number of halogens is 3. The molecule has 0 saturated carbocycles. The van der Waals surface area contributed by atoms with Crippen LogP contribution in [0.5, 0.6) is 5.88 Å². The third-order valence-electron chi connectivity index (χ3n) is 1.93. The Morgan fingerprint density at radius 2 is 1.81 bits per heavy atom. The first-order valence-corrected chi connectivity index (χ1v) is 9.61. The summed E-state index contributed by atoms with van der Waals surface area (Å²) in [5.74, 6) is -0.313. The fraction of sp³-hybridized carbons (Fsp3) is 0.600. The van der Waals surface area contributed by atoms with E-state index < -0.39 is 18.6 Å². The Morgan fingerprint density at radius 3 is 2.24 bits per heavy atom. The molecule has 1 heterocycles. The molecule has 0 radical (unpaired) electrons. The second-order valence-electron chi connectivity index (χ2n) is 3.45. The van der Waals surface area contributed by atoms with E-state index in [1.807, 2.05) is 0 Å². The lowest BCUT2D eigenvalue weighted by molar-refractivity contribution is -0.141. The quantitative estimate of drug-likeness (QED) is 0.414. The molecule has 0 N–H and O–H groups in total. The SMILES string of the molecule is CCOP(=S)(OCC)Oc1cc(C(F)(F)F)nc(SC)n1. The maximum Gasteiger partial charge on any atom is 0.433 e. The van der Waals surface area contributed by atoms with Gasteiger partial charge in [-0.05, 0) is 20.1 Å². The van der Waals surface area contributed by atoms with Crippen LogP contribution in [-0.2, 0) is 27.0 Å². The van der Waals surface area contributed by atoms with Crippen molar-refractivity contribution in [3.63, 3.8) is 0 Å². The molecule has 1 aromatic rings. The van der Waals surface area contributed by atoms with Crippen molar-refractivity contribution in [1.82, 2.24) is 9.97 Å². The summed E-state index contributed by atoms with van der Waals surface area (Å²) in [5.41, 5.74) is -1.11. The number of nitrogens with zero attached hydrogens (tertiary/aromatic N) is 2. The van der Waals surface area contributed by atoms with Crippen molar-refractivity contribution < 1.29 is 26.7 Å². The Balaban J connectivity index is 3.14. The summed E-state index contributed by atoms with van der Waals surface area (Å²) >= 11 is 6.05. The van der Waals surface area contributed by atoms with Gasteiger partial charge in [0.1, 0.15) is 0 Å². The molecular formula is C10H14F3N2O3PS2. The number of thioether (sulfide) groups is 1. The van der Waals surface area contributed by atoms with Crippen LogP contribution in [0.15, 0.2) is 11.2 Å². The highest BCUT2D eigenvalue weighted by Crippen LogP contribution is 2.49. The van der Waals surface area contributed by atoms with E-state index in [1.165, 1.54) is 0 Å². The van der Waals surface area contributed by atoms with Crippen LogP contribution < -0.4 is 4.52 Å². The monoisotopic (exact) mass is 362 g/mol. The van der Waals surface area contributed by atoms with Crippen molar-refractivity contribution in [3.8, 4) is 5.88 Å². The van der Waals surface area contributed by atoms with Crippen LogP contribution in [0.25, 0.3) is 0 Å². The molecule has 0 bridgehead atoms.